The quantitative estimate of drug-likeness (QED) is 0.0944. The van der Waals surface area contributed by atoms with Crippen LogP contribution in [0.2, 0.25) is 0 Å². The topological polar surface area (TPSA) is 114 Å². The van der Waals surface area contributed by atoms with Gasteiger partial charge >= 0.3 is 29.0 Å². The number of esters is 2. The van der Waals surface area contributed by atoms with E-state index in [1.54, 1.807) is 46.9 Å². The van der Waals surface area contributed by atoms with Crippen molar-refractivity contribution in [3.8, 4) is 43.4 Å². The van der Waals surface area contributed by atoms with E-state index in [0.29, 0.717) is 11.1 Å². The van der Waals surface area contributed by atoms with Crippen LogP contribution in [0.5, 0.6) is 0 Å². The van der Waals surface area contributed by atoms with Gasteiger partial charge in [0.25, 0.3) is 10.0 Å². The van der Waals surface area contributed by atoms with Crippen molar-refractivity contribution in [2.75, 3.05) is 14.2 Å². The van der Waals surface area contributed by atoms with Crippen molar-refractivity contribution < 1.29 is 45.3 Å². The fourth-order valence-corrected chi connectivity index (χ4v) is 8.90. The summed E-state index contributed by atoms with van der Waals surface area (Å²) >= 11 is 3.22. The van der Waals surface area contributed by atoms with Crippen LogP contribution < -0.4 is 19.1 Å². The molecule has 8 bridgehead atoms. The number of hydrogen-bond donors (Lipinski definition) is 0. The molecular weight excluding hydrogens is 796 g/mol. The van der Waals surface area contributed by atoms with E-state index in [0.717, 1.165) is 88.2 Å². The van der Waals surface area contributed by atoms with Crippen LogP contribution in [0.15, 0.2) is 96.0 Å². The molecule has 10 nitrogen and oxygen atoms in total. The Hall–Kier alpha value is -6.24. The molecule has 0 spiro atoms. The number of carbonyl (C=O) groups is 2. The maximum atomic E-state index is 12.4. The Balaban J connectivity index is 0.00000455. The number of benzene rings is 2. The number of rotatable bonds is 6. The number of thiazole rings is 2. The standard InChI is InChI=1S/C44H32N6O4S2.Mn/c1-49-21-23-55-41(49)39-33-17-13-29(45-33)37(25-5-9-27(10-6-25)43(51)53-3)31-15-19-35(47-31)40(42-50(2)22-24-56-42)36-20-16-32(48-36)38(30-14-18-34(39)46-30)26-7-11-28(12-8-26)44(52)54-4;/h5-24H,1-4H3;/q;+3. The molecule has 0 radical (unpaired) electrons. The van der Waals surface area contributed by atoms with Gasteiger partial charge in [0.1, 0.15) is 14.1 Å². The van der Waals surface area contributed by atoms with Gasteiger partial charge in [-0.1, -0.05) is 71.2 Å². The summed E-state index contributed by atoms with van der Waals surface area (Å²) in [4.78, 5) is 46.0. The van der Waals surface area contributed by atoms with Gasteiger partial charge in [-0.2, -0.15) is 9.13 Å². The first-order chi connectivity index (χ1) is 27.3. The second-order valence-corrected chi connectivity index (χ2v) is 14.9. The van der Waals surface area contributed by atoms with Crippen LogP contribution in [0.3, 0.4) is 0 Å². The largest absolute Gasteiger partial charge is 3.00 e. The summed E-state index contributed by atoms with van der Waals surface area (Å²) < 4.78 is 14.1. The summed E-state index contributed by atoms with van der Waals surface area (Å²) in [6.07, 6.45) is 12.1. The second kappa shape index (κ2) is 15.4. The van der Waals surface area contributed by atoms with Crippen LogP contribution in [-0.4, -0.2) is 36.1 Å². The summed E-state index contributed by atoms with van der Waals surface area (Å²) in [5.41, 5.74) is 11.9. The molecule has 9 rings (SSSR count). The first kappa shape index (κ1) is 37.7. The summed E-state index contributed by atoms with van der Waals surface area (Å²) in [5, 5.41) is 6.06. The first-order valence-corrected chi connectivity index (χ1v) is 19.4. The number of fused-ring (bicyclic) bond motifs is 8. The summed E-state index contributed by atoms with van der Waals surface area (Å²) in [5.74, 6) is -0.815. The van der Waals surface area contributed by atoms with Crippen LogP contribution in [0.25, 0.3) is 89.8 Å². The van der Waals surface area contributed by atoms with Crippen molar-refractivity contribution in [3.63, 3.8) is 0 Å². The van der Waals surface area contributed by atoms with Gasteiger partial charge in [0, 0.05) is 0 Å². The number of nitrogens with zero attached hydrogens (tertiary/aromatic N) is 6. The van der Waals surface area contributed by atoms with Crippen molar-refractivity contribution >= 4 is 81.0 Å². The minimum absolute atomic E-state index is 0. The molecule has 0 atom stereocenters. The molecule has 0 aliphatic carbocycles. The minimum Gasteiger partial charge on any atom is -0.657 e. The van der Waals surface area contributed by atoms with Crippen LogP contribution in [0, 0.1) is 0 Å². The molecule has 2 aliphatic heterocycles. The summed E-state index contributed by atoms with van der Waals surface area (Å²) in [6.45, 7) is 0. The van der Waals surface area contributed by atoms with E-state index >= 15 is 0 Å². The molecular formula is C44H32MnN6O4S2+3. The van der Waals surface area contributed by atoms with Gasteiger partial charge in [-0.15, -0.1) is 22.1 Å². The average Bonchev–Trinajstić information content (AvgIpc) is 4.09. The molecule has 7 aromatic rings. The number of carbonyl (C=O) groups excluding carboxylic acids is 2. The van der Waals surface area contributed by atoms with Crippen molar-refractivity contribution in [3.05, 3.63) is 130 Å². The maximum Gasteiger partial charge on any atom is 3.00 e. The van der Waals surface area contributed by atoms with E-state index in [1.165, 1.54) is 14.2 Å². The van der Waals surface area contributed by atoms with Crippen molar-refractivity contribution in [2.24, 2.45) is 14.1 Å². The zero-order valence-corrected chi connectivity index (χ0v) is 33.9. The third-order valence-corrected chi connectivity index (χ3v) is 11.7. The van der Waals surface area contributed by atoms with Crippen molar-refractivity contribution in [1.29, 1.82) is 0 Å². The third-order valence-electron chi connectivity index (χ3n) is 9.80. The Labute approximate surface area is 346 Å². The molecule has 7 heterocycles. The number of aryl methyl sites for hydroxylation is 2. The minimum atomic E-state index is -0.408. The van der Waals surface area contributed by atoms with Gasteiger partial charge in [-0.3, -0.25) is 0 Å². The van der Waals surface area contributed by atoms with Crippen LogP contribution in [-0.2, 0) is 40.6 Å². The third kappa shape index (κ3) is 6.74. The van der Waals surface area contributed by atoms with Crippen LogP contribution in [0.4, 0.5) is 0 Å². The smallest absolute Gasteiger partial charge is 0.657 e. The molecule has 57 heavy (non-hydrogen) atoms. The molecule has 5 aromatic heterocycles. The number of hydrogen-bond acceptors (Lipinski definition) is 8. The van der Waals surface area contributed by atoms with Gasteiger partial charge in [0.15, 0.2) is 12.4 Å². The normalized spacial score (nSPS) is 11.7. The number of ether oxygens (including phenoxy) is 2. The Kier molecular flexibility index (Phi) is 10.2. The van der Waals surface area contributed by atoms with Gasteiger partial charge < -0.3 is 19.4 Å². The summed E-state index contributed by atoms with van der Waals surface area (Å²) in [6, 6.07) is 22.7. The molecule has 0 amide bonds. The second-order valence-electron chi connectivity index (χ2n) is 13.1. The number of methoxy groups -OCH3 is 2. The van der Waals surface area contributed by atoms with Gasteiger partial charge in [0.2, 0.25) is 0 Å². The molecule has 0 saturated carbocycles. The SMILES string of the molecule is COC(=O)c1ccc(-c2c3nc(c(-c4scc[n+]4C)c4ccc([n-]4)c(-c4ccc(C(=O)OC)cc4)c4nc(c(-c5scc[n+]5C)c5ccc2[n-]5)C=C4)C=C3)cc1.[Mn+3]. The van der Waals surface area contributed by atoms with Gasteiger partial charge in [-0.05, 0) is 70.8 Å². The van der Waals surface area contributed by atoms with E-state index < -0.39 is 11.9 Å². The monoisotopic (exact) mass is 827 g/mol. The summed E-state index contributed by atoms with van der Waals surface area (Å²) in [7, 11) is 6.77. The number of aromatic nitrogens is 6. The maximum absolute atomic E-state index is 12.4. The van der Waals surface area contributed by atoms with Gasteiger partial charge in [0.05, 0.1) is 70.0 Å². The van der Waals surface area contributed by atoms with Gasteiger partial charge in [-0.25, -0.2) is 19.6 Å². The molecule has 278 valence electrons. The first-order valence-electron chi connectivity index (χ1n) is 17.6. The van der Waals surface area contributed by atoms with Crippen molar-refractivity contribution in [1.82, 2.24) is 19.9 Å². The zero-order chi connectivity index (χ0) is 38.5. The van der Waals surface area contributed by atoms with E-state index in [4.69, 9.17) is 29.4 Å². The van der Waals surface area contributed by atoms with E-state index in [1.807, 2.05) is 110 Å². The molecule has 0 saturated heterocycles. The molecule has 13 heteroatoms. The van der Waals surface area contributed by atoms with E-state index in [-0.39, 0.29) is 17.1 Å². The molecule has 2 aromatic carbocycles. The Morgan fingerprint density at radius 2 is 0.860 bits per heavy atom. The fraction of sp³-hybridized carbons (Fsp3) is 0.0909. The fourth-order valence-electron chi connectivity index (χ4n) is 7.04. The van der Waals surface area contributed by atoms with E-state index in [9.17, 15) is 9.59 Å². The Bertz CT molecular complexity index is 2750. The predicted octanol–water partition coefficient (Wildman–Crippen LogP) is 7.92. The molecule has 2 aliphatic rings. The van der Waals surface area contributed by atoms with Crippen LogP contribution in [0.1, 0.15) is 43.5 Å². The van der Waals surface area contributed by atoms with Crippen LogP contribution >= 0.6 is 22.7 Å². The molecule has 0 fully saturated rings. The zero-order valence-electron chi connectivity index (χ0n) is 31.1. The average molecular weight is 828 g/mol. The van der Waals surface area contributed by atoms with E-state index in [2.05, 4.69) is 9.13 Å². The Morgan fingerprint density at radius 3 is 1.18 bits per heavy atom. The Morgan fingerprint density at radius 1 is 0.526 bits per heavy atom. The van der Waals surface area contributed by atoms with Crippen molar-refractivity contribution in [2.45, 2.75) is 0 Å². The molecule has 0 N–H and O–H groups in total. The molecule has 0 unspecified atom stereocenters. The predicted molar refractivity (Wildman–Crippen MR) is 219 cm³/mol.